The third-order valence-electron chi connectivity index (χ3n) is 6.95. The fourth-order valence-electron chi connectivity index (χ4n) is 4.83. The minimum absolute atomic E-state index is 0.0356. The summed E-state index contributed by atoms with van der Waals surface area (Å²) in [7, 11) is 0. The predicted octanol–water partition coefficient (Wildman–Crippen LogP) is 5.92. The second-order valence-electron chi connectivity index (χ2n) is 11.5. The molecule has 4 rings (SSSR count). The van der Waals surface area contributed by atoms with Crippen molar-refractivity contribution in [3.8, 4) is 0 Å². The third-order valence-corrected chi connectivity index (χ3v) is 8.37. The van der Waals surface area contributed by atoms with E-state index in [9.17, 15) is 24.6 Å². The lowest BCUT2D eigenvalue weighted by Crippen LogP contribution is -2.40. The van der Waals surface area contributed by atoms with Gasteiger partial charge >= 0.3 is 12.1 Å². The van der Waals surface area contributed by atoms with E-state index in [2.05, 4.69) is 10.3 Å². The van der Waals surface area contributed by atoms with Gasteiger partial charge in [0.25, 0.3) is 0 Å². The standard InChI is InChI=1S/C31H37ClN4O6S/c1-19-26(28(39)40)43-29(33-19)36-15-6-9-24(36)27(38)34-23-12-10-20(11-13-23)14-16-35(30(41)42-31(2,3)4)18-25(37)21-7-5-8-22(32)17-21/h5,7-8,10-13,17,24-25,37H,6,9,14-16,18H2,1-4H3,(H,34,38)(H,39,40)/t24-,25-/m0/s1. The number of ether oxygens (including phenoxy) is 1. The number of halogens is 1. The number of rotatable bonds is 10. The number of aromatic carboxylic acids is 1. The molecule has 0 unspecified atom stereocenters. The minimum Gasteiger partial charge on any atom is -0.477 e. The average Bonchev–Trinajstić information content (AvgIpc) is 3.57. The number of nitrogens with zero attached hydrogens (tertiary/aromatic N) is 3. The van der Waals surface area contributed by atoms with E-state index in [-0.39, 0.29) is 17.3 Å². The Morgan fingerprint density at radius 3 is 2.56 bits per heavy atom. The first-order valence-corrected chi connectivity index (χ1v) is 15.3. The van der Waals surface area contributed by atoms with Crippen LogP contribution < -0.4 is 10.2 Å². The van der Waals surface area contributed by atoms with Crippen LogP contribution in [0.15, 0.2) is 48.5 Å². The van der Waals surface area contributed by atoms with Crippen molar-refractivity contribution in [2.75, 3.05) is 29.9 Å². The Labute approximate surface area is 260 Å². The lowest BCUT2D eigenvalue weighted by molar-refractivity contribution is -0.117. The SMILES string of the molecule is Cc1nc(N2CCC[C@H]2C(=O)Nc2ccc(CCN(C[C@H](O)c3cccc(Cl)c3)C(=O)OC(C)(C)C)cc2)sc1C(=O)O. The molecule has 1 fully saturated rings. The summed E-state index contributed by atoms with van der Waals surface area (Å²) in [5.74, 6) is -1.20. The van der Waals surface area contributed by atoms with Crippen molar-refractivity contribution in [3.05, 3.63) is 75.3 Å². The number of carbonyl (C=O) groups is 3. The highest BCUT2D eigenvalue weighted by Gasteiger charge is 2.33. The average molecular weight is 629 g/mol. The highest BCUT2D eigenvalue weighted by molar-refractivity contribution is 7.17. The zero-order valence-electron chi connectivity index (χ0n) is 24.7. The van der Waals surface area contributed by atoms with E-state index in [1.165, 1.54) is 4.90 Å². The van der Waals surface area contributed by atoms with Gasteiger partial charge < -0.3 is 30.1 Å². The van der Waals surface area contributed by atoms with Crippen molar-refractivity contribution in [2.24, 2.45) is 0 Å². The van der Waals surface area contributed by atoms with Crippen molar-refractivity contribution < 1.29 is 29.3 Å². The molecule has 0 spiro atoms. The van der Waals surface area contributed by atoms with Crippen LogP contribution in [0.3, 0.4) is 0 Å². The van der Waals surface area contributed by atoms with Crippen LogP contribution in [-0.4, -0.2) is 69.3 Å². The summed E-state index contributed by atoms with van der Waals surface area (Å²) >= 11 is 7.17. The van der Waals surface area contributed by atoms with E-state index in [0.717, 1.165) is 23.3 Å². The van der Waals surface area contributed by atoms with Crippen LogP contribution in [0.25, 0.3) is 0 Å². The largest absolute Gasteiger partial charge is 0.477 e. The Morgan fingerprint density at radius 2 is 1.93 bits per heavy atom. The molecule has 0 bridgehead atoms. The van der Waals surface area contributed by atoms with Gasteiger partial charge in [0.1, 0.15) is 16.5 Å². The predicted molar refractivity (Wildman–Crippen MR) is 167 cm³/mol. The number of aliphatic hydroxyl groups excluding tert-OH is 1. The number of hydrogen-bond acceptors (Lipinski definition) is 8. The van der Waals surface area contributed by atoms with E-state index in [1.54, 1.807) is 64.1 Å². The molecule has 1 aliphatic heterocycles. The Kier molecular flexibility index (Phi) is 10.3. The van der Waals surface area contributed by atoms with Gasteiger partial charge in [-0.15, -0.1) is 0 Å². The number of hydrogen-bond donors (Lipinski definition) is 3. The van der Waals surface area contributed by atoms with Gasteiger partial charge in [-0.1, -0.05) is 47.2 Å². The number of aromatic nitrogens is 1. The zero-order valence-corrected chi connectivity index (χ0v) is 26.2. The molecule has 0 radical (unpaired) electrons. The molecular weight excluding hydrogens is 592 g/mol. The lowest BCUT2D eigenvalue weighted by atomic mass is 10.1. The number of carbonyl (C=O) groups excluding carboxylic acids is 2. The molecule has 0 aliphatic carbocycles. The van der Waals surface area contributed by atoms with E-state index >= 15 is 0 Å². The topological polar surface area (TPSA) is 132 Å². The van der Waals surface area contributed by atoms with Crippen LogP contribution in [0.4, 0.5) is 15.6 Å². The molecule has 0 saturated carbocycles. The van der Waals surface area contributed by atoms with E-state index in [4.69, 9.17) is 16.3 Å². The van der Waals surface area contributed by atoms with Crippen molar-refractivity contribution in [2.45, 2.75) is 64.7 Å². The fourth-order valence-corrected chi connectivity index (χ4v) is 6.01. The summed E-state index contributed by atoms with van der Waals surface area (Å²) in [4.78, 5) is 45.5. The van der Waals surface area contributed by atoms with Crippen LogP contribution in [0.5, 0.6) is 0 Å². The minimum atomic E-state index is -1.02. The number of thiazole rings is 1. The van der Waals surface area contributed by atoms with Crippen LogP contribution in [0.1, 0.15) is 66.2 Å². The van der Waals surface area contributed by atoms with Crippen molar-refractivity contribution in [1.82, 2.24) is 9.88 Å². The Morgan fingerprint density at radius 1 is 1.21 bits per heavy atom. The number of nitrogens with one attached hydrogen (secondary N) is 1. The third kappa shape index (κ3) is 8.68. The molecule has 10 nitrogen and oxygen atoms in total. The zero-order chi connectivity index (χ0) is 31.3. The van der Waals surface area contributed by atoms with Gasteiger partial charge in [0, 0.05) is 23.8 Å². The van der Waals surface area contributed by atoms with E-state index < -0.39 is 29.8 Å². The molecule has 12 heteroatoms. The molecule has 1 aromatic heterocycles. The highest BCUT2D eigenvalue weighted by atomic mass is 35.5. The number of carboxylic acid groups (broad SMARTS) is 1. The number of amides is 2. The summed E-state index contributed by atoms with van der Waals surface area (Å²) in [6, 6.07) is 13.8. The van der Waals surface area contributed by atoms with E-state index in [0.29, 0.717) is 53.0 Å². The van der Waals surface area contributed by atoms with Gasteiger partial charge in [-0.2, -0.15) is 0 Å². The Bertz CT molecular complexity index is 1460. The Hall–Kier alpha value is -3.67. The van der Waals surface area contributed by atoms with Gasteiger partial charge in [0.15, 0.2) is 5.13 Å². The second-order valence-corrected chi connectivity index (χ2v) is 12.9. The summed E-state index contributed by atoms with van der Waals surface area (Å²) in [6.07, 6.45) is 0.485. The molecule has 2 heterocycles. The first-order valence-electron chi connectivity index (χ1n) is 14.1. The first kappa shape index (κ1) is 32.2. The summed E-state index contributed by atoms with van der Waals surface area (Å²) in [5.41, 5.74) is 1.92. The van der Waals surface area contributed by atoms with Gasteiger partial charge in [-0.05, 0) is 82.3 Å². The lowest BCUT2D eigenvalue weighted by Gasteiger charge is -2.29. The van der Waals surface area contributed by atoms with Crippen LogP contribution in [-0.2, 0) is 16.0 Å². The number of aliphatic hydroxyl groups is 1. The normalized spacial score (nSPS) is 15.7. The van der Waals surface area contributed by atoms with Gasteiger partial charge in [-0.25, -0.2) is 14.6 Å². The van der Waals surface area contributed by atoms with Gasteiger partial charge in [0.2, 0.25) is 5.91 Å². The first-order chi connectivity index (χ1) is 20.3. The highest BCUT2D eigenvalue weighted by Crippen LogP contribution is 2.32. The summed E-state index contributed by atoms with van der Waals surface area (Å²) in [5, 5.41) is 24.2. The van der Waals surface area contributed by atoms with Gasteiger partial charge in [0.05, 0.1) is 18.3 Å². The Balaban J connectivity index is 1.38. The molecule has 43 heavy (non-hydrogen) atoms. The van der Waals surface area contributed by atoms with Gasteiger partial charge in [-0.3, -0.25) is 4.79 Å². The summed E-state index contributed by atoms with van der Waals surface area (Å²) < 4.78 is 5.59. The quantitative estimate of drug-likeness (QED) is 0.252. The molecule has 2 atom stereocenters. The smallest absolute Gasteiger partial charge is 0.410 e. The van der Waals surface area contributed by atoms with Crippen LogP contribution >= 0.6 is 22.9 Å². The molecule has 2 amide bonds. The molecule has 3 aromatic rings. The molecular formula is C31H37ClN4O6S. The maximum atomic E-state index is 13.2. The van der Waals surface area contributed by atoms with Crippen molar-refractivity contribution in [3.63, 3.8) is 0 Å². The van der Waals surface area contributed by atoms with Crippen molar-refractivity contribution in [1.29, 1.82) is 0 Å². The molecule has 230 valence electrons. The maximum absolute atomic E-state index is 13.2. The number of benzene rings is 2. The number of anilines is 2. The maximum Gasteiger partial charge on any atom is 0.410 e. The number of aryl methyl sites for hydroxylation is 1. The van der Waals surface area contributed by atoms with Crippen molar-refractivity contribution >= 4 is 51.7 Å². The van der Waals surface area contributed by atoms with Crippen LogP contribution in [0.2, 0.25) is 5.02 Å². The molecule has 1 aliphatic rings. The molecule has 2 aromatic carbocycles. The second kappa shape index (κ2) is 13.7. The monoisotopic (exact) mass is 628 g/mol. The molecule has 3 N–H and O–H groups in total. The van der Waals surface area contributed by atoms with Crippen LogP contribution in [0, 0.1) is 6.92 Å². The molecule has 1 saturated heterocycles. The summed E-state index contributed by atoms with van der Waals surface area (Å²) in [6.45, 7) is 8.00. The van der Waals surface area contributed by atoms with E-state index in [1.807, 2.05) is 17.0 Å². The number of carboxylic acids is 1. The fraction of sp³-hybridized carbons (Fsp3) is 0.419.